The molecule has 0 heterocycles. The number of anilines is 9. The predicted molar refractivity (Wildman–Crippen MR) is 309 cm³/mol. The summed E-state index contributed by atoms with van der Waals surface area (Å²) in [5.74, 6) is 0. The summed E-state index contributed by atoms with van der Waals surface area (Å²) in [4.78, 5) is 7.40. The Morgan fingerprint density at radius 2 is 0.507 bits per heavy atom. The van der Waals surface area contributed by atoms with Gasteiger partial charge in [-0.15, -0.1) is 0 Å². The first-order valence-electron chi connectivity index (χ1n) is 25.7. The highest BCUT2D eigenvalue weighted by molar-refractivity contribution is 5.99. The standard InChI is InChI=1S/C70H61N3/c1-44-14-23-53(24-15-44)71(67-35-20-47(4)38-50(67)7)56-29-32-60-59-12-10-11-13-63(59)70(64(60)41-56)65-42-57(72(54-25-16-45(2)17-26-54)68-36-21-48(5)39-51(68)8)30-33-61(65)62-34-31-58(43-66(62)70)73(55-27-18-46(3)19-28-55)69-37-22-49(6)40-52(69)9/h10-43H,1-9H3. The summed E-state index contributed by atoms with van der Waals surface area (Å²) in [7, 11) is 0. The molecule has 0 unspecified atom stereocenters. The number of rotatable bonds is 9. The molecule has 356 valence electrons. The van der Waals surface area contributed by atoms with Crippen LogP contribution < -0.4 is 14.7 Å². The minimum Gasteiger partial charge on any atom is -0.310 e. The molecule has 1 spiro atoms. The fourth-order valence-electron chi connectivity index (χ4n) is 12.1. The molecule has 0 amide bonds. The molecule has 0 radical (unpaired) electrons. The summed E-state index contributed by atoms with van der Waals surface area (Å²) in [6, 6.07) is 78.5. The van der Waals surface area contributed by atoms with Gasteiger partial charge >= 0.3 is 0 Å². The van der Waals surface area contributed by atoms with Crippen molar-refractivity contribution in [3.8, 4) is 22.3 Å². The zero-order chi connectivity index (χ0) is 50.3. The van der Waals surface area contributed by atoms with Crippen molar-refractivity contribution in [2.75, 3.05) is 14.7 Å². The van der Waals surface area contributed by atoms with E-state index in [9.17, 15) is 0 Å². The van der Waals surface area contributed by atoms with Gasteiger partial charge < -0.3 is 14.7 Å². The zero-order valence-electron chi connectivity index (χ0n) is 43.5. The van der Waals surface area contributed by atoms with Gasteiger partial charge in [0.05, 0.1) is 5.41 Å². The van der Waals surface area contributed by atoms with Crippen molar-refractivity contribution in [3.05, 3.63) is 279 Å². The van der Waals surface area contributed by atoms with Gasteiger partial charge in [-0.05, 0) is 215 Å². The Morgan fingerprint density at radius 1 is 0.233 bits per heavy atom. The Balaban J connectivity index is 1.17. The maximum atomic E-state index is 2.52. The molecule has 0 saturated heterocycles. The van der Waals surface area contributed by atoms with Crippen LogP contribution in [0, 0.1) is 62.3 Å². The fourth-order valence-corrected chi connectivity index (χ4v) is 12.1. The topological polar surface area (TPSA) is 9.72 Å². The summed E-state index contributed by atoms with van der Waals surface area (Å²) >= 11 is 0. The third-order valence-electron chi connectivity index (χ3n) is 15.6. The van der Waals surface area contributed by atoms with E-state index in [1.165, 1.54) is 112 Å². The lowest BCUT2D eigenvalue weighted by Gasteiger charge is -2.34. The molecule has 3 heteroatoms. The molecule has 0 aliphatic heterocycles. The van der Waals surface area contributed by atoms with Gasteiger partial charge in [-0.1, -0.05) is 149 Å². The lowest BCUT2D eigenvalue weighted by molar-refractivity contribution is 0.793. The van der Waals surface area contributed by atoms with Crippen LogP contribution in [-0.2, 0) is 5.41 Å². The van der Waals surface area contributed by atoms with Gasteiger partial charge in [0.2, 0.25) is 0 Å². The van der Waals surface area contributed by atoms with Crippen LogP contribution in [-0.4, -0.2) is 0 Å². The van der Waals surface area contributed by atoms with Gasteiger partial charge in [-0.2, -0.15) is 0 Å². The smallest absolute Gasteiger partial charge is 0.0727 e. The van der Waals surface area contributed by atoms with E-state index >= 15 is 0 Å². The molecule has 0 N–H and O–H groups in total. The van der Waals surface area contributed by atoms with Crippen LogP contribution >= 0.6 is 0 Å². The maximum Gasteiger partial charge on any atom is 0.0727 e. The zero-order valence-corrected chi connectivity index (χ0v) is 43.5. The average molecular weight is 944 g/mol. The van der Waals surface area contributed by atoms with Gasteiger partial charge in [-0.3, -0.25) is 0 Å². The normalized spacial score (nSPS) is 12.6. The van der Waals surface area contributed by atoms with Crippen LogP contribution in [0.15, 0.2) is 206 Å². The van der Waals surface area contributed by atoms with E-state index in [4.69, 9.17) is 0 Å². The highest BCUT2D eigenvalue weighted by atomic mass is 15.2. The highest BCUT2D eigenvalue weighted by Gasteiger charge is 2.52. The van der Waals surface area contributed by atoms with E-state index in [-0.39, 0.29) is 0 Å². The Morgan fingerprint density at radius 3 is 0.822 bits per heavy atom. The van der Waals surface area contributed by atoms with Gasteiger partial charge in [0.15, 0.2) is 0 Å². The van der Waals surface area contributed by atoms with Crippen molar-refractivity contribution in [3.63, 3.8) is 0 Å². The number of hydrogen-bond donors (Lipinski definition) is 0. The van der Waals surface area contributed by atoms with Crippen LogP contribution in [0.3, 0.4) is 0 Å². The lowest BCUT2D eigenvalue weighted by Crippen LogP contribution is -2.27. The van der Waals surface area contributed by atoms with E-state index in [0.717, 1.165) is 34.1 Å². The third kappa shape index (κ3) is 7.57. The van der Waals surface area contributed by atoms with Crippen LogP contribution in [0.5, 0.6) is 0 Å². The van der Waals surface area contributed by atoms with Crippen molar-refractivity contribution in [2.45, 2.75) is 67.7 Å². The fraction of sp³-hybridized carbons (Fsp3) is 0.143. The first-order valence-corrected chi connectivity index (χ1v) is 25.7. The number of nitrogens with zero attached hydrogens (tertiary/aromatic N) is 3. The molecule has 10 aromatic rings. The predicted octanol–water partition coefficient (Wildman–Crippen LogP) is 19.2. The molecule has 0 bridgehead atoms. The van der Waals surface area contributed by atoms with Crippen LogP contribution in [0.2, 0.25) is 0 Å². The molecule has 2 aliphatic carbocycles. The maximum absolute atomic E-state index is 2.52. The van der Waals surface area contributed by atoms with Crippen molar-refractivity contribution in [1.82, 2.24) is 0 Å². The Hall–Kier alpha value is -8.40. The minimum atomic E-state index is -0.692. The van der Waals surface area contributed by atoms with Crippen LogP contribution in [0.25, 0.3) is 22.3 Å². The molecular formula is C70H61N3. The van der Waals surface area contributed by atoms with Crippen LogP contribution in [0.4, 0.5) is 51.2 Å². The van der Waals surface area contributed by atoms with Crippen molar-refractivity contribution in [1.29, 1.82) is 0 Å². The molecule has 3 nitrogen and oxygen atoms in total. The molecular weight excluding hydrogens is 883 g/mol. The molecule has 0 aromatic heterocycles. The first kappa shape index (κ1) is 45.7. The Labute approximate surface area is 432 Å². The van der Waals surface area contributed by atoms with E-state index in [1.54, 1.807) is 0 Å². The van der Waals surface area contributed by atoms with Crippen molar-refractivity contribution >= 4 is 51.2 Å². The summed E-state index contributed by atoms with van der Waals surface area (Å²) in [6.07, 6.45) is 0. The van der Waals surface area contributed by atoms with Gasteiger partial charge in [0.25, 0.3) is 0 Å². The molecule has 0 atom stereocenters. The second-order valence-corrected chi connectivity index (χ2v) is 20.9. The van der Waals surface area contributed by atoms with Gasteiger partial charge in [0.1, 0.15) is 0 Å². The molecule has 2 aliphatic rings. The summed E-state index contributed by atoms with van der Waals surface area (Å²) in [5.41, 5.74) is 30.9. The largest absolute Gasteiger partial charge is 0.310 e. The molecule has 0 fully saturated rings. The summed E-state index contributed by atoms with van der Waals surface area (Å²) in [5, 5.41) is 0. The number of hydrogen-bond acceptors (Lipinski definition) is 3. The molecule has 10 aromatic carbocycles. The van der Waals surface area contributed by atoms with E-state index in [1.807, 2.05) is 0 Å². The van der Waals surface area contributed by atoms with Crippen LogP contribution in [0.1, 0.15) is 72.3 Å². The van der Waals surface area contributed by atoms with Gasteiger partial charge in [0, 0.05) is 51.2 Å². The number of benzene rings is 10. The second kappa shape index (κ2) is 17.7. The SMILES string of the molecule is Cc1ccc(N(c2ccc3c(c2)C2(c4ccccc4-3)c3cc(N(c4ccc(C)cc4)c4ccc(C)cc4C)ccc3-c3ccc(N(c4ccc(C)cc4)c4ccc(C)cc4C)cc32)c2ccc(C)cc2C)cc1. The van der Waals surface area contributed by atoms with Gasteiger partial charge in [-0.25, -0.2) is 0 Å². The molecule has 12 rings (SSSR count). The monoisotopic (exact) mass is 943 g/mol. The second-order valence-electron chi connectivity index (χ2n) is 20.9. The van der Waals surface area contributed by atoms with Crippen molar-refractivity contribution in [2.24, 2.45) is 0 Å². The summed E-state index contributed by atoms with van der Waals surface area (Å²) in [6.45, 7) is 19.8. The quantitative estimate of drug-likeness (QED) is 0.143. The number of fused-ring (bicyclic) bond motifs is 10. The van der Waals surface area contributed by atoms with E-state index < -0.39 is 5.41 Å². The highest BCUT2D eigenvalue weighted by Crippen LogP contribution is 2.65. The minimum absolute atomic E-state index is 0.692. The van der Waals surface area contributed by atoms with Crippen molar-refractivity contribution < 1.29 is 0 Å². The van der Waals surface area contributed by atoms with E-state index in [0.29, 0.717) is 0 Å². The lowest BCUT2D eigenvalue weighted by atomic mass is 9.70. The van der Waals surface area contributed by atoms with E-state index in [2.05, 4.69) is 283 Å². The molecule has 73 heavy (non-hydrogen) atoms. The average Bonchev–Trinajstić information content (AvgIpc) is 3.85. The Bertz CT molecular complexity index is 3480. The molecule has 0 saturated carbocycles. The first-order chi connectivity index (χ1) is 35.4. The number of aryl methyl sites for hydroxylation is 9. The Kier molecular flexibility index (Phi) is 11.1. The summed E-state index contributed by atoms with van der Waals surface area (Å²) < 4.78 is 0. The third-order valence-corrected chi connectivity index (χ3v) is 15.6.